The number of alkyl carbamates (subject to hydrolysis) is 1. The van der Waals surface area contributed by atoms with Crippen molar-refractivity contribution in [3.8, 4) is 0 Å². The van der Waals surface area contributed by atoms with Crippen LogP contribution in [-0.4, -0.2) is 70.5 Å². The molecular weight excluding hydrogens is 474 g/mol. The van der Waals surface area contributed by atoms with E-state index in [9.17, 15) is 9.59 Å². The zero-order chi connectivity index (χ0) is 27.5. The van der Waals surface area contributed by atoms with Gasteiger partial charge in [-0.1, -0.05) is 84.0 Å². The van der Waals surface area contributed by atoms with Gasteiger partial charge in [-0.3, -0.25) is 4.79 Å². The highest BCUT2D eigenvalue weighted by Crippen LogP contribution is 2.13. The number of carbonyl (C=O) groups is 2. The van der Waals surface area contributed by atoms with Crippen molar-refractivity contribution in [1.82, 2.24) is 5.32 Å². The van der Waals surface area contributed by atoms with Crippen LogP contribution in [0.2, 0.25) is 0 Å². The van der Waals surface area contributed by atoms with E-state index in [2.05, 4.69) is 12.2 Å². The SMILES string of the molecule is CCCCCCCCCCCCCCCC(=O)OCCOCCOCCOCCNC(=O)OC(C)(C)C. The lowest BCUT2D eigenvalue weighted by molar-refractivity contribution is -0.145. The molecule has 0 aromatic rings. The minimum absolute atomic E-state index is 0.138. The third-order valence-corrected chi connectivity index (χ3v) is 5.63. The van der Waals surface area contributed by atoms with Crippen LogP contribution in [-0.2, 0) is 28.5 Å². The Hall–Kier alpha value is -1.38. The van der Waals surface area contributed by atoms with Gasteiger partial charge in [-0.25, -0.2) is 4.79 Å². The molecule has 0 spiro atoms. The quantitative estimate of drug-likeness (QED) is 0.0994. The summed E-state index contributed by atoms with van der Waals surface area (Å²) < 4.78 is 26.6. The van der Waals surface area contributed by atoms with Crippen molar-refractivity contribution in [3.05, 3.63) is 0 Å². The molecule has 0 aliphatic heterocycles. The van der Waals surface area contributed by atoms with Gasteiger partial charge in [-0.2, -0.15) is 0 Å². The lowest BCUT2D eigenvalue weighted by Crippen LogP contribution is -2.34. The highest BCUT2D eigenvalue weighted by Gasteiger charge is 2.15. The first-order valence-electron chi connectivity index (χ1n) is 14.7. The molecular formula is C29H57NO7. The molecule has 0 aromatic heterocycles. The molecule has 37 heavy (non-hydrogen) atoms. The van der Waals surface area contributed by atoms with Gasteiger partial charge in [0.05, 0.1) is 39.6 Å². The van der Waals surface area contributed by atoms with E-state index in [0.29, 0.717) is 52.6 Å². The van der Waals surface area contributed by atoms with Crippen LogP contribution in [0, 0.1) is 0 Å². The summed E-state index contributed by atoms with van der Waals surface area (Å²) in [6.45, 7) is 10.9. The first-order valence-corrected chi connectivity index (χ1v) is 14.7. The molecule has 8 heteroatoms. The van der Waals surface area contributed by atoms with Crippen molar-refractivity contribution in [1.29, 1.82) is 0 Å². The summed E-state index contributed by atoms with van der Waals surface area (Å²) in [6.07, 6.45) is 16.9. The van der Waals surface area contributed by atoms with Crippen molar-refractivity contribution in [3.63, 3.8) is 0 Å². The number of hydrogen-bond donors (Lipinski definition) is 1. The summed E-state index contributed by atoms with van der Waals surface area (Å²) in [5.74, 6) is -0.138. The van der Waals surface area contributed by atoms with Crippen LogP contribution in [0.15, 0.2) is 0 Å². The van der Waals surface area contributed by atoms with E-state index in [0.717, 1.165) is 12.8 Å². The monoisotopic (exact) mass is 531 g/mol. The zero-order valence-electron chi connectivity index (χ0n) is 24.4. The molecule has 0 saturated carbocycles. The average Bonchev–Trinajstić information content (AvgIpc) is 2.83. The van der Waals surface area contributed by atoms with Crippen LogP contribution in [0.1, 0.15) is 118 Å². The maximum atomic E-state index is 11.8. The van der Waals surface area contributed by atoms with Gasteiger partial charge in [0.25, 0.3) is 0 Å². The Morgan fingerprint density at radius 2 is 1.03 bits per heavy atom. The van der Waals surface area contributed by atoms with Crippen molar-refractivity contribution >= 4 is 12.1 Å². The lowest BCUT2D eigenvalue weighted by Gasteiger charge is -2.19. The highest BCUT2D eigenvalue weighted by atomic mass is 16.6. The summed E-state index contributed by atoms with van der Waals surface area (Å²) in [5.41, 5.74) is -0.506. The molecule has 0 radical (unpaired) electrons. The summed E-state index contributed by atoms with van der Waals surface area (Å²) in [7, 11) is 0. The summed E-state index contributed by atoms with van der Waals surface area (Å²) in [6, 6.07) is 0. The molecule has 0 atom stereocenters. The summed E-state index contributed by atoms with van der Waals surface area (Å²) >= 11 is 0. The van der Waals surface area contributed by atoms with Gasteiger partial charge >= 0.3 is 12.1 Å². The molecule has 0 aliphatic rings. The second-order valence-electron chi connectivity index (χ2n) is 10.5. The van der Waals surface area contributed by atoms with Crippen LogP contribution in [0.5, 0.6) is 0 Å². The molecule has 0 unspecified atom stereocenters. The Balaban J connectivity index is 3.23. The maximum absolute atomic E-state index is 11.8. The van der Waals surface area contributed by atoms with Gasteiger partial charge in [0.2, 0.25) is 0 Å². The van der Waals surface area contributed by atoms with E-state index in [1.54, 1.807) is 0 Å². The summed E-state index contributed by atoms with van der Waals surface area (Å²) in [5, 5.41) is 2.63. The lowest BCUT2D eigenvalue weighted by atomic mass is 10.0. The van der Waals surface area contributed by atoms with E-state index < -0.39 is 11.7 Å². The second-order valence-corrected chi connectivity index (χ2v) is 10.5. The molecule has 1 N–H and O–H groups in total. The second kappa shape index (κ2) is 26.2. The van der Waals surface area contributed by atoms with Crippen molar-refractivity contribution in [2.24, 2.45) is 0 Å². The minimum atomic E-state index is -0.506. The van der Waals surface area contributed by atoms with Crippen LogP contribution >= 0.6 is 0 Å². The fourth-order valence-electron chi connectivity index (χ4n) is 3.66. The van der Waals surface area contributed by atoms with Crippen molar-refractivity contribution in [2.75, 3.05) is 52.8 Å². The van der Waals surface area contributed by atoms with Crippen LogP contribution in [0.25, 0.3) is 0 Å². The molecule has 0 fully saturated rings. The van der Waals surface area contributed by atoms with Gasteiger partial charge in [-0.15, -0.1) is 0 Å². The topological polar surface area (TPSA) is 92.3 Å². The van der Waals surface area contributed by atoms with Crippen LogP contribution in [0.4, 0.5) is 4.79 Å². The normalized spacial score (nSPS) is 11.5. The molecule has 8 nitrogen and oxygen atoms in total. The van der Waals surface area contributed by atoms with Crippen molar-refractivity contribution in [2.45, 2.75) is 123 Å². The number of hydrogen-bond acceptors (Lipinski definition) is 7. The molecule has 0 bridgehead atoms. The first kappa shape index (κ1) is 35.6. The first-order chi connectivity index (χ1) is 17.8. The third-order valence-electron chi connectivity index (χ3n) is 5.63. The van der Waals surface area contributed by atoms with Gasteiger partial charge in [0, 0.05) is 13.0 Å². The third kappa shape index (κ3) is 30.7. The summed E-state index contributed by atoms with van der Waals surface area (Å²) in [4.78, 5) is 23.2. The number of amides is 1. The average molecular weight is 532 g/mol. The van der Waals surface area contributed by atoms with Crippen LogP contribution < -0.4 is 5.32 Å². The number of carbonyl (C=O) groups excluding carboxylic acids is 2. The van der Waals surface area contributed by atoms with Gasteiger partial charge in [-0.05, 0) is 27.2 Å². The Kier molecular flexibility index (Phi) is 25.3. The Morgan fingerprint density at radius 3 is 1.51 bits per heavy atom. The van der Waals surface area contributed by atoms with E-state index in [4.69, 9.17) is 23.7 Å². The predicted molar refractivity (Wildman–Crippen MR) is 148 cm³/mol. The maximum Gasteiger partial charge on any atom is 0.407 e. The largest absolute Gasteiger partial charge is 0.463 e. The fraction of sp³-hybridized carbons (Fsp3) is 0.931. The Bertz CT molecular complexity index is 523. The number of nitrogens with one attached hydrogen (secondary N) is 1. The smallest absolute Gasteiger partial charge is 0.407 e. The zero-order valence-corrected chi connectivity index (χ0v) is 24.4. The fourth-order valence-corrected chi connectivity index (χ4v) is 3.66. The molecule has 0 rings (SSSR count). The van der Waals surface area contributed by atoms with Gasteiger partial charge in [0.15, 0.2) is 0 Å². The van der Waals surface area contributed by atoms with E-state index in [-0.39, 0.29) is 12.6 Å². The van der Waals surface area contributed by atoms with Gasteiger partial charge < -0.3 is 29.0 Å². The standard InChI is InChI=1S/C29H57NO7/c1-5-6-7-8-9-10-11-12-13-14-15-16-17-18-27(31)36-26-25-35-24-23-34-22-21-33-20-19-30-28(32)37-29(2,3)4/h5-26H2,1-4H3,(H,30,32). The Morgan fingerprint density at radius 1 is 0.595 bits per heavy atom. The minimum Gasteiger partial charge on any atom is -0.463 e. The highest BCUT2D eigenvalue weighted by molar-refractivity contribution is 5.69. The number of esters is 1. The van der Waals surface area contributed by atoms with E-state index in [1.165, 1.54) is 70.6 Å². The molecule has 220 valence electrons. The molecule has 1 amide bonds. The number of rotatable bonds is 26. The molecule has 0 heterocycles. The van der Waals surface area contributed by atoms with Crippen LogP contribution in [0.3, 0.4) is 0 Å². The molecule has 0 aromatic carbocycles. The van der Waals surface area contributed by atoms with E-state index in [1.807, 2.05) is 20.8 Å². The number of ether oxygens (including phenoxy) is 5. The predicted octanol–water partition coefficient (Wildman–Crippen LogP) is 6.59. The molecule has 0 saturated heterocycles. The molecule has 0 aliphatic carbocycles. The number of unbranched alkanes of at least 4 members (excludes halogenated alkanes) is 12. The van der Waals surface area contributed by atoms with E-state index >= 15 is 0 Å². The Labute approximate surface area is 226 Å². The van der Waals surface area contributed by atoms with Gasteiger partial charge in [0.1, 0.15) is 12.2 Å². The van der Waals surface area contributed by atoms with Crippen molar-refractivity contribution < 1.29 is 33.3 Å².